The molecule has 4 rings (SSSR count). The van der Waals surface area contributed by atoms with E-state index in [-0.39, 0.29) is 10.8 Å². The molecule has 1 fully saturated rings. The molecule has 1 aromatic heterocycles. The fraction of sp³-hybridized carbons (Fsp3) is 0.375. The Balaban J connectivity index is 1.42. The van der Waals surface area contributed by atoms with Crippen molar-refractivity contribution in [2.75, 3.05) is 18.4 Å². The highest BCUT2D eigenvalue weighted by Crippen LogP contribution is 2.28. The third kappa shape index (κ3) is 5.31. The van der Waals surface area contributed by atoms with Crippen molar-refractivity contribution in [3.8, 4) is 10.6 Å². The van der Waals surface area contributed by atoms with Crippen LogP contribution in [0.3, 0.4) is 0 Å². The topological polar surface area (TPSA) is 92.3 Å². The number of aromatic nitrogens is 2. The van der Waals surface area contributed by atoms with Crippen LogP contribution in [0.1, 0.15) is 55.5 Å². The maximum atomic E-state index is 12.9. The van der Waals surface area contributed by atoms with Crippen LogP contribution in [-0.2, 0) is 10.0 Å². The van der Waals surface area contributed by atoms with E-state index in [4.69, 9.17) is 0 Å². The number of anilines is 1. The maximum Gasteiger partial charge on any atom is 0.257 e. The lowest BCUT2D eigenvalue weighted by Gasteiger charge is -2.29. The van der Waals surface area contributed by atoms with Crippen LogP contribution in [0.15, 0.2) is 53.4 Å². The van der Waals surface area contributed by atoms with E-state index in [1.54, 1.807) is 0 Å². The standard InChI is InChI=1S/C24H28N4O3S2/c1-16(2)18-4-6-20(7-5-18)23-26-27-24(32-23)25-22(29)19-8-10-21(11-9-19)33(30,31)28-14-12-17(3)13-15-28/h4-11,16-17H,12-15H2,1-3H3,(H,25,27,29). The van der Waals surface area contributed by atoms with Gasteiger partial charge in [0, 0.05) is 24.2 Å². The summed E-state index contributed by atoms with van der Waals surface area (Å²) in [4.78, 5) is 12.9. The van der Waals surface area contributed by atoms with Crippen LogP contribution >= 0.6 is 11.3 Å². The minimum absolute atomic E-state index is 0.205. The zero-order valence-corrected chi connectivity index (χ0v) is 20.6. The zero-order chi connectivity index (χ0) is 23.6. The lowest BCUT2D eigenvalue weighted by atomic mass is 10.0. The van der Waals surface area contributed by atoms with E-state index >= 15 is 0 Å². The Kier molecular flexibility index (Phi) is 6.92. The molecule has 1 aliphatic heterocycles. The second kappa shape index (κ2) is 9.70. The van der Waals surface area contributed by atoms with E-state index in [1.807, 2.05) is 12.1 Å². The molecule has 2 aromatic carbocycles. The van der Waals surface area contributed by atoms with Gasteiger partial charge in [-0.25, -0.2) is 8.42 Å². The molecule has 0 radical (unpaired) electrons. The van der Waals surface area contributed by atoms with Crippen LogP contribution in [0.2, 0.25) is 0 Å². The molecule has 1 saturated heterocycles. The van der Waals surface area contributed by atoms with Gasteiger partial charge in [-0.3, -0.25) is 10.1 Å². The van der Waals surface area contributed by atoms with Gasteiger partial charge in [0.25, 0.3) is 5.91 Å². The largest absolute Gasteiger partial charge is 0.296 e. The van der Waals surface area contributed by atoms with E-state index in [0.717, 1.165) is 23.4 Å². The van der Waals surface area contributed by atoms with Crippen molar-refractivity contribution in [3.63, 3.8) is 0 Å². The summed E-state index contributed by atoms with van der Waals surface area (Å²) in [5.41, 5.74) is 2.55. The molecule has 174 valence electrons. The van der Waals surface area contributed by atoms with Crippen molar-refractivity contribution in [3.05, 3.63) is 59.7 Å². The summed E-state index contributed by atoms with van der Waals surface area (Å²) in [5, 5.41) is 12.1. The van der Waals surface area contributed by atoms with Crippen molar-refractivity contribution in [2.24, 2.45) is 5.92 Å². The minimum Gasteiger partial charge on any atom is -0.296 e. The number of benzene rings is 2. The molecular formula is C24H28N4O3S2. The van der Waals surface area contributed by atoms with Gasteiger partial charge in [0.2, 0.25) is 15.2 Å². The van der Waals surface area contributed by atoms with Gasteiger partial charge in [-0.1, -0.05) is 56.4 Å². The van der Waals surface area contributed by atoms with Gasteiger partial charge >= 0.3 is 0 Å². The monoisotopic (exact) mass is 484 g/mol. The van der Waals surface area contributed by atoms with Crippen LogP contribution in [0.25, 0.3) is 10.6 Å². The summed E-state index contributed by atoms with van der Waals surface area (Å²) in [6.07, 6.45) is 1.73. The molecule has 3 aromatic rings. The number of carbonyl (C=O) groups is 1. The van der Waals surface area contributed by atoms with Crippen LogP contribution < -0.4 is 5.32 Å². The highest BCUT2D eigenvalue weighted by molar-refractivity contribution is 7.89. The van der Waals surface area contributed by atoms with Gasteiger partial charge in [0.1, 0.15) is 5.01 Å². The second-order valence-electron chi connectivity index (χ2n) is 8.75. The molecular weight excluding hydrogens is 456 g/mol. The number of carbonyl (C=O) groups excluding carboxylic acids is 1. The van der Waals surface area contributed by atoms with Crippen LogP contribution in [0.5, 0.6) is 0 Å². The molecule has 2 heterocycles. The van der Waals surface area contributed by atoms with Gasteiger partial charge in [0.15, 0.2) is 0 Å². The van der Waals surface area contributed by atoms with Crippen LogP contribution in [0.4, 0.5) is 5.13 Å². The first-order chi connectivity index (χ1) is 15.7. The van der Waals surface area contributed by atoms with E-state index in [1.165, 1.54) is 45.5 Å². The first-order valence-electron chi connectivity index (χ1n) is 11.1. The normalized spacial score (nSPS) is 15.6. The number of amides is 1. The van der Waals surface area contributed by atoms with E-state index in [9.17, 15) is 13.2 Å². The number of hydrogen-bond acceptors (Lipinski definition) is 6. The first kappa shape index (κ1) is 23.5. The third-order valence-electron chi connectivity index (χ3n) is 5.97. The van der Waals surface area contributed by atoms with Crippen molar-refractivity contribution in [1.82, 2.24) is 14.5 Å². The predicted octanol–water partition coefficient (Wildman–Crippen LogP) is 5.00. The molecule has 0 unspecified atom stereocenters. The molecule has 0 spiro atoms. The number of rotatable bonds is 6. The highest BCUT2D eigenvalue weighted by atomic mass is 32.2. The smallest absolute Gasteiger partial charge is 0.257 e. The summed E-state index contributed by atoms with van der Waals surface area (Å²) < 4.78 is 27.3. The van der Waals surface area contributed by atoms with Crippen LogP contribution in [-0.4, -0.2) is 41.9 Å². The van der Waals surface area contributed by atoms with E-state index in [2.05, 4.69) is 48.4 Å². The lowest BCUT2D eigenvalue weighted by molar-refractivity contribution is 0.102. The molecule has 1 N–H and O–H groups in total. The third-order valence-corrected chi connectivity index (χ3v) is 8.77. The number of piperidine rings is 1. The van der Waals surface area contributed by atoms with Crippen LogP contribution in [0, 0.1) is 5.92 Å². The van der Waals surface area contributed by atoms with Gasteiger partial charge in [-0.15, -0.1) is 10.2 Å². The van der Waals surface area contributed by atoms with Crippen molar-refractivity contribution in [2.45, 2.75) is 44.4 Å². The summed E-state index contributed by atoms with van der Waals surface area (Å²) in [5.74, 6) is 0.639. The Morgan fingerprint density at radius 1 is 1.03 bits per heavy atom. The minimum atomic E-state index is -3.54. The zero-order valence-electron chi connectivity index (χ0n) is 19.0. The Morgan fingerprint density at radius 2 is 1.67 bits per heavy atom. The second-order valence-corrected chi connectivity index (χ2v) is 11.7. The van der Waals surface area contributed by atoms with Gasteiger partial charge in [-0.05, 0) is 54.5 Å². The Labute approximate surface area is 198 Å². The number of hydrogen-bond donors (Lipinski definition) is 1. The summed E-state index contributed by atoms with van der Waals surface area (Å²) in [7, 11) is -3.54. The number of nitrogens with one attached hydrogen (secondary N) is 1. The molecule has 7 nitrogen and oxygen atoms in total. The maximum absolute atomic E-state index is 12.9. The average molecular weight is 485 g/mol. The van der Waals surface area contributed by atoms with Gasteiger partial charge in [-0.2, -0.15) is 4.31 Å². The quantitative estimate of drug-likeness (QED) is 0.531. The molecule has 0 bridgehead atoms. The van der Waals surface area contributed by atoms with Gasteiger partial charge in [0.05, 0.1) is 4.90 Å². The fourth-order valence-electron chi connectivity index (χ4n) is 3.72. The fourth-order valence-corrected chi connectivity index (χ4v) is 5.94. The SMILES string of the molecule is CC1CCN(S(=O)(=O)c2ccc(C(=O)Nc3nnc(-c4ccc(C(C)C)cc4)s3)cc2)CC1. The molecule has 1 amide bonds. The average Bonchev–Trinajstić information content (AvgIpc) is 3.28. The summed E-state index contributed by atoms with van der Waals surface area (Å²) in [6.45, 7) is 7.49. The van der Waals surface area contributed by atoms with Gasteiger partial charge < -0.3 is 0 Å². The summed E-state index contributed by atoms with van der Waals surface area (Å²) in [6, 6.07) is 14.2. The number of sulfonamides is 1. The van der Waals surface area contributed by atoms with E-state index < -0.39 is 10.0 Å². The molecule has 33 heavy (non-hydrogen) atoms. The molecule has 9 heteroatoms. The Bertz CT molecular complexity index is 1210. The van der Waals surface area contributed by atoms with Crippen molar-refractivity contribution < 1.29 is 13.2 Å². The van der Waals surface area contributed by atoms with Crippen molar-refractivity contribution >= 4 is 32.4 Å². The van der Waals surface area contributed by atoms with E-state index in [0.29, 0.717) is 35.6 Å². The molecule has 0 saturated carbocycles. The highest BCUT2D eigenvalue weighted by Gasteiger charge is 2.28. The van der Waals surface area contributed by atoms with Crippen molar-refractivity contribution in [1.29, 1.82) is 0 Å². The Morgan fingerprint density at radius 3 is 2.27 bits per heavy atom. The first-order valence-corrected chi connectivity index (χ1v) is 13.3. The molecule has 0 aliphatic carbocycles. The lowest BCUT2D eigenvalue weighted by Crippen LogP contribution is -2.37. The molecule has 1 aliphatic rings. The Hall–Kier alpha value is -2.62. The molecule has 0 atom stereocenters. The predicted molar refractivity (Wildman–Crippen MR) is 131 cm³/mol. The summed E-state index contributed by atoms with van der Waals surface area (Å²) >= 11 is 1.29. The number of nitrogens with zero attached hydrogens (tertiary/aromatic N) is 3.